The summed E-state index contributed by atoms with van der Waals surface area (Å²) in [5.41, 5.74) is -0.166. The highest BCUT2D eigenvalue weighted by molar-refractivity contribution is 5.97. The van der Waals surface area contributed by atoms with E-state index in [1.165, 1.54) is 18.2 Å². The summed E-state index contributed by atoms with van der Waals surface area (Å²) in [5, 5.41) is 21.9. The van der Waals surface area contributed by atoms with Crippen LogP contribution in [0.15, 0.2) is 18.2 Å². The second-order valence-electron chi connectivity index (χ2n) is 5.44. The van der Waals surface area contributed by atoms with Gasteiger partial charge in [0.1, 0.15) is 0 Å². The van der Waals surface area contributed by atoms with Crippen LogP contribution in [0.2, 0.25) is 0 Å². The summed E-state index contributed by atoms with van der Waals surface area (Å²) < 4.78 is 5.58. The van der Waals surface area contributed by atoms with Crippen LogP contribution in [0, 0.1) is 0 Å². The van der Waals surface area contributed by atoms with E-state index >= 15 is 0 Å². The maximum atomic E-state index is 12.1. The Morgan fingerprint density at radius 1 is 1.42 bits per heavy atom. The molecular formula is C14H19NO4. The number of ether oxygens (including phenoxy) is 1. The van der Waals surface area contributed by atoms with Gasteiger partial charge in [0.15, 0.2) is 11.5 Å². The van der Waals surface area contributed by atoms with Crippen molar-refractivity contribution < 1.29 is 19.7 Å². The number of phenolic OH excluding ortho intramolecular Hbond substituents is 2. The largest absolute Gasteiger partial charge is 0.504 e. The van der Waals surface area contributed by atoms with Crippen LogP contribution in [0.5, 0.6) is 11.5 Å². The van der Waals surface area contributed by atoms with Crippen LogP contribution in [0.4, 0.5) is 0 Å². The van der Waals surface area contributed by atoms with Gasteiger partial charge in [0.25, 0.3) is 5.91 Å². The zero-order valence-corrected chi connectivity index (χ0v) is 11.1. The molecule has 2 rings (SSSR count). The second-order valence-corrected chi connectivity index (χ2v) is 5.44. The van der Waals surface area contributed by atoms with Crippen molar-refractivity contribution in [2.75, 3.05) is 6.61 Å². The van der Waals surface area contributed by atoms with Crippen molar-refractivity contribution in [1.29, 1.82) is 0 Å². The Kier molecular flexibility index (Phi) is 3.66. The highest BCUT2D eigenvalue weighted by Crippen LogP contribution is 2.29. The van der Waals surface area contributed by atoms with E-state index in [9.17, 15) is 15.0 Å². The first-order valence-corrected chi connectivity index (χ1v) is 6.35. The van der Waals surface area contributed by atoms with E-state index < -0.39 is 0 Å². The molecular weight excluding hydrogens is 246 g/mol. The molecule has 1 aromatic carbocycles. The van der Waals surface area contributed by atoms with Crippen molar-refractivity contribution >= 4 is 5.91 Å². The van der Waals surface area contributed by atoms with Gasteiger partial charge in [-0.25, -0.2) is 0 Å². The van der Waals surface area contributed by atoms with E-state index in [0.29, 0.717) is 6.61 Å². The van der Waals surface area contributed by atoms with Gasteiger partial charge in [-0.15, -0.1) is 0 Å². The maximum Gasteiger partial charge on any atom is 0.255 e. The van der Waals surface area contributed by atoms with Crippen LogP contribution in [-0.4, -0.2) is 34.4 Å². The molecule has 1 aliphatic rings. The van der Waals surface area contributed by atoms with Crippen LogP contribution < -0.4 is 5.32 Å². The normalized spacial score (nSPS) is 21.9. The van der Waals surface area contributed by atoms with E-state index in [-0.39, 0.29) is 34.6 Å². The Hall–Kier alpha value is -1.75. The minimum Gasteiger partial charge on any atom is -0.504 e. The summed E-state index contributed by atoms with van der Waals surface area (Å²) in [6, 6.07) is 4.36. The van der Waals surface area contributed by atoms with Gasteiger partial charge in [0, 0.05) is 12.6 Å². The van der Waals surface area contributed by atoms with Crippen molar-refractivity contribution in [3.05, 3.63) is 23.8 Å². The predicted octanol–water partition coefficient (Wildman–Crippen LogP) is 1.79. The third-order valence-corrected chi connectivity index (χ3v) is 3.29. The summed E-state index contributed by atoms with van der Waals surface area (Å²) in [5.74, 6) is -1.05. The molecule has 0 bridgehead atoms. The Morgan fingerprint density at radius 3 is 2.84 bits per heavy atom. The molecule has 1 unspecified atom stereocenters. The van der Waals surface area contributed by atoms with Crippen molar-refractivity contribution in [1.82, 2.24) is 5.32 Å². The lowest BCUT2D eigenvalue weighted by molar-refractivity contribution is -0.0615. The molecule has 1 atom stereocenters. The number of benzene rings is 1. The molecule has 5 heteroatoms. The van der Waals surface area contributed by atoms with Gasteiger partial charge in [0.2, 0.25) is 0 Å². The van der Waals surface area contributed by atoms with Gasteiger partial charge in [-0.3, -0.25) is 4.79 Å². The lowest BCUT2D eigenvalue weighted by Crippen LogP contribution is -2.45. The SMILES string of the molecule is CC1(C)CC(NC(=O)c2cccc(O)c2O)CCO1. The van der Waals surface area contributed by atoms with Gasteiger partial charge in [-0.05, 0) is 38.8 Å². The molecule has 19 heavy (non-hydrogen) atoms. The first-order valence-electron chi connectivity index (χ1n) is 6.35. The van der Waals surface area contributed by atoms with Gasteiger partial charge >= 0.3 is 0 Å². The van der Waals surface area contributed by atoms with Gasteiger partial charge in [-0.2, -0.15) is 0 Å². The molecule has 1 aromatic rings. The Labute approximate surface area is 112 Å². The first kappa shape index (κ1) is 13.7. The van der Waals surface area contributed by atoms with Gasteiger partial charge in [0.05, 0.1) is 11.2 Å². The number of carbonyl (C=O) groups excluding carboxylic acids is 1. The average molecular weight is 265 g/mol. The Balaban J connectivity index is 2.07. The van der Waals surface area contributed by atoms with Crippen molar-refractivity contribution in [2.24, 2.45) is 0 Å². The number of para-hydroxylation sites is 1. The lowest BCUT2D eigenvalue weighted by Gasteiger charge is -2.35. The lowest BCUT2D eigenvalue weighted by atomic mass is 9.93. The number of hydrogen-bond acceptors (Lipinski definition) is 4. The fourth-order valence-corrected chi connectivity index (χ4v) is 2.33. The van der Waals surface area contributed by atoms with E-state index in [1.807, 2.05) is 13.8 Å². The number of carbonyl (C=O) groups is 1. The van der Waals surface area contributed by atoms with Crippen LogP contribution in [0.3, 0.4) is 0 Å². The van der Waals surface area contributed by atoms with Crippen molar-refractivity contribution in [3.63, 3.8) is 0 Å². The quantitative estimate of drug-likeness (QED) is 0.712. The molecule has 0 radical (unpaired) electrons. The monoisotopic (exact) mass is 265 g/mol. The highest BCUT2D eigenvalue weighted by atomic mass is 16.5. The van der Waals surface area contributed by atoms with Crippen LogP contribution in [0.25, 0.3) is 0 Å². The Bertz CT molecular complexity index is 484. The molecule has 104 valence electrons. The molecule has 1 aliphatic heterocycles. The summed E-state index contributed by atoms with van der Waals surface area (Å²) in [4.78, 5) is 12.1. The molecule has 0 aromatic heterocycles. The third-order valence-electron chi connectivity index (χ3n) is 3.29. The average Bonchev–Trinajstić information content (AvgIpc) is 2.31. The van der Waals surface area contributed by atoms with Crippen molar-refractivity contribution in [3.8, 4) is 11.5 Å². The zero-order chi connectivity index (χ0) is 14.0. The number of aromatic hydroxyl groups is 2. The molecule has 0 aliphatic carbocycles. The summed E-state index contributed by atoms with van der Waals surface area (Å²) in [6.07, 6.45) is 1.47. The predicted molar refractivity (Wildman–Crippen MR) is 70.3 cm³/mol. The fraction of sp³-hybridized carbons (Fsp3) is 0.500. The molecule has 1 heterocycles. The van der Waals surface area contributed by atoms with E-state index in [1.54, 1.807) is 0 Å². The van der Waals surface area contributed by atoms with Crippen molar-refractivity contribution in [2.45, 2.75) is 38.3 Å². The third kappa shape index (κ3) is 3.17. The minimum absolute atomic E-state index is 0.0120. The number of nitrogens with one attached hydrogen (secondary N) is 1. The summed E-state index contributed by atoms with van der Waals surface area (Å²) in [7, 11) is 0. The first-order chi connectivity index (χ1) is 8.89. The molecule has 3 N–H and O–H groups in total. The van der Waals surface area contributed by atoms with Gasteiger partial charge < -0.3 is 20.3 Å². The molecule has 5 nitrogen and oxygen atoms in total. The summed E-state index contributed by atoms with van der Waals surface area (Å²) >= 11 is 0. The topological polar surface area (TPSA) is 78.8 Å². The number of amides is 1. The highest BCUT2D eigenvalue weighted by Gasteiger charge is 2.30. The van der Waals surface area contributed by atoms with Crippen LogP contribution in [0.1, 0.15) is 37.0 Å². The van der Waals surface area contributed by atoms with Gasteiger partial charge in [-0.1, -0.05) is 6.07 Å². The van der Waals surface area contributed by atoms with Crippen LogP contribution in [-0.2, 0) is 4.74 Å². The maximum absolute atomic E-state index is 12.1. The molecule has 1 fully saturated rings. The smallest absolute Gasteiger partial charge is 0.255 e. The molecule has 0 saturated carbocycles. The molecule has 0 spiro atoms. The Morgan fingerprint density at radius 2 is 2.16 bits per heavy atom. The number of rotatable bonds is 2. The second kappa shape index (κ2) is 5.09. The number of hydrogen-bond donors (Lipinski definition) is 3. The minimum atomic E-state index is -0.383. The van der Waals surface area contributed by atoms with E-state index in [2.05, 4.69) is 5.32 Å². The summed E-state index contributed by atoms with van der Waals surface area (Å²) in [6.45, 7) is 4.57. The standard InChI is InChI=1S/C14H19NO4/c1-14(2)8-9(6-7-19-14)15-13(18)10-4-3-5-11(16)12(10)17/h3-5,9,16-17H,6-8H2,1-2H3,(H,15,18). The number of phenols is 2. The van der Waals surface area contributed by atoms with E-state index in [0.717, 1.165) is 12.8 Å². The fourth-order valence-electron chi connectivity index (χ4n) is 2.33. The molecule has 1 saturated heterocycles. The van der Waals surface area contributed by atoms with Crippen LogP contribution >= 0.6 is 0 Å². The molecule has 1 amide bonds. The van der Waals surface area contributed by atoms with E-state index in [4.69, 9.17) is 4.74 Å². The zero-order valence-electron chi connectivity index (χ0n) is 11.1.